The van der Waals surface area contributed by atoms with E-state index in [-0.39, 0.29) is 10.8 Å². The highest BCUT2D eigenvalue weighted by Crippen LogP contribution is 2.45. The maximum absolute atomic E-state index is 11.7. The average molecular weight is 283 g/mol. The number of rotatable bonds is 2. The number of hydrogen-bond acceptors (Lipinski definition) is 2. The second kappa shape index (κ2) is 4.45. The molecular weight excluding hydrogens is 264 g/mol. The molecule has 0 atom stereocenters. The second-order valence-electron chi connectivity index (χ2n) is 6.63. The van der Waals surface area contributed by atoms with Crippen LogP contribution in [-0.2, 0) is 15.6 Å². The highest BCUT2D eigenvalue weighted by atomic mass is 35.5. The van der Waals surface area contributed by atoms with Crippen LogP contribution in [-0.4, -0.2) is 11.0 Å². The van der Waals surface area contributed by atoms with Gasteiger partial charge in [0.05, 0.1) is 0 Å². The molecule has 0 saturated carbocycles. The maximum atomic E-state index is 11.7. The molecule has 0 radical (unpaired) electrons. The van der Waals surface area contributed by atoms with Gasteiger partial charge in [-0.2, -0.15) is 0 Å². The Morgan fingerprint density at radius 1 is 1.00 bits per heavy atom. The fraction of sp³-hybridized carbons (Fsp3) is 0.500. The molecule has 0 fully saturated rings. The zero-order chi connectivity index (χ0) is 14.4. The van der Waals surface area contributed by atoms with Gasteiger partial charge >= 0.3 is 0 Å². The number of benzene rings is 1. The lowest BCUT2D eigenvalue weighted by Gasteiger charge is -2.42. The van der Waals surface area contributed by atoms with E-state index in [2.05, 4.69) is 27.7 Å². The standard InChI is InChI=1S/C16H19ClO2/c1-15(2)7-8-16(3,4)12-9-10(5-6-11(12)15)13(18)14(17)19/h5-6,9H,7-8H2,1-4H3/i13+2,14+2. The second-order valence-corrected chi connectivity index (χ2v) is 6.97. The molecule has 1 aromatic rings. The van der Waals surface area contributed by atoms with Crippen molar-refractivity contribution in [2.45, 2.75) is 51.4 Å². The zero-order valence-corrected chi connectivity index (χ0v) is 12.6. The van der Waals surface area contributed by atoms with Crippen LogP contribution in [0.5, 0.6) is 0 Å². The average Bonchev–Trinajstić information content (AvgIpc) is 2.33. The number of hydrogen-bond donors (Lipinski definition) is 0. The van der Waals surface area contributed by atoms with E-state index >= 15 is 0 Å². The lowest BCUT2D eigenvalue weighted by Crippen LogP contribution is -2.34. The molecule has 1 aliphatic rings. The summed E-state index contributed by atoms with van der Waals surface area (Å²) in [5.41, 5.74) is 2.95. The van der Waals surface area contributed by atoms with Crippen molar-refractivity contribution in [1.82, 2.24) is 0 Å². The van der Waals surface area contributed by atoms with Crippen molar-refractivity contribution >= 4 is 22.6 Å². The Hall–Kier alpha value is -1.15. The van der Waals surface area contributed by atoms with E-state index in [1.165, 1.54) is 5.56 Å². The summed E-state index contributed by atoms with van der Waals surface area (Å²) in [7, 11) is 0. The highest BCUT2D eigenvalue weighted by Gasteiger charge is 2.37. The van der Waals surface area contributed by atoms with Crippen LogP contribution in [0, 0.1) is 0 Å². The van der Waals surface area contributed by atoms with Crippen molar-refractivity contribution in [3.8, 4) is 0 Å². The highest BCUT2D eigenvalue weighted by molar-refractivity contribution is 6.83. The molecular formula is C16H19ClO2. The molecule has 0 aliphatic heterocycles. The minimum absolute atomic E-state index is 0.0243. The number of halogens is 1. The lowest BCUT2D eigenvalue weighted by atomic mass is 9.63. The molecule has 19 heavy (non-hydrogen) atoms. The molecule has 3 heteroatoms. The summed E-state index contributed by atoms with van der Waals surface area (Å²) in [4.78, 5) is 22.7. The summed E-state index contributed by atoms with van der Waals surface area (Å²) in [5, 5.41) is -0.923. The van der Waals surface area contributed by atoms with Crippen LogP contribution in [0.2, 0.25) is 0 Å². The molecule has 0 amide bonds. The topological polar surface area (TPSA) is 34.1 Å². The first-order chi connectivity index (χ1) is 8.65. The summed E-state index contributed by atoms with van der Waals surface area (Å²) in [6.45, 7) is 8.79. The van der Waals surface area contributed by atoms with Crippen LogP contribution in [0.1, 0.15) is 62.0 Å². The van der Waals surface area contributed by atoms with Crippen LogP contribution in [0.4, 0.5) is 0 Å². The summed E-state index contributed by atoms with van der Waals surface area (Å²) >= 11 is 5.28. The van der Waals surface area contributed by atoms with Gasteiger partial charge in [-0.25, -0.2) is 0 Å². The van der Waals surface area contributed by atoms with Crippen molar-refractivity contribution in [1.29, 1.82) is 0 Å². The van der Waals surface area contributed by atoms with Crippen LogP contribution in [0.15, 0.2) is 18.2 Å². The normalized spacial score (nSPS) is 19.6. The van der Waals surface area contributed by atoms with Gasteiger partial charge in [0.15, 0.2) is 0 Å². The number of carbonyl (C=O) groups is 2. The quantitative estimate of drug-likeness (QED) is 0.467. The Morgan fingerprint density at radius 3 is 2.05 bits per heavy atom. The van der Waals surface area contributed by atoms with Gasteiger partial charge < -0.3 is 0 Å². The van der Waals surface area contributed by atoms with Gasteiger partial charge in [0.2, 0.25) is 5.78 Å². The minimum Gasteiger partial charge on any atom is -0.284 e. The van der Waals surface area contributed by atoms with E-state index in [0.717, 1.165) is 18.4 Å². The number of carbonyl (C=O) groups excluding carboxylic acids is 2. The number of fused-ring (bicyclic) bond motifs is 1. The molecule has 102 valence electrons. The van der Waals surface area contributed by atoms with E-state index in [9.17, 15) is 9.59 Å². The molecule has 1 aliphatic carbocycles. The summed E-state index contributed by atoms with van der Waals surface area (Å²) in [6, 6.07) is 5.53. The zero-order valence-electron chi connectivity index (χ0n) is 11.8. The van der Waals surface area contributed by atoms with Gasteiger partial charge in [-0.3, -0.25) is 9.59 Å². The van der Waals surface area contributed by atoms with Gasteiger partial charge in [0.25, 0.3) is 5.24 Å². The summed E-state index contributed by atoms with van der Waals surface area (Å²) in [6.07, 6.45) is 2.19. The molecule has 0 N–H and O–H groups in total. The van der Waals surface area contributed by atoms with Crippen molar-refractivity contribution in [3.05, 3.63) is 34.9 Å². The van der Waals surface area contributed by atoms with Crippen molar-refractivity contribution in [2.24, 2.45) is 0 Å². The van der Waals surface area contributed by atoms with E-state index in [4.69, 9.17) is 11.6 Å². The van der Waals surface area contributed by atoms with Gasteiger partial charge in [0.1, 0.15) is 0 Å². The first-order valence-corrected chi connectivity index (χ1v) is 6.92. The van der Waals surface area contributed by atoms with Gasteiger partial charge in [-0.1, -0.05) is 39.8 Å². The largest absolute Gasteiger partial charge is 0.293 e. The third kappa shape index (κ3) is 2.46. The molecule has 2 rings (SSSR count). The fourth-order valence-corrected chi connectivity index (χ4v) is 2.95. The minimum atomic E-state index is -0.923. The molecule has 1 aromatic carbocycles. The van der Waals surface area contributed by atoms with Gasteiger partial charge in [0, 0.05) is 5.56 Å². The lowest BCUT2D eigenvalue weighted by molar-refractivity contribution is -0.108. The predicted molar refractivity (Wildman–Crippen MR) is 76.9 cm³/mol. The van der Waals surface area contributed by atoms with Crippen molar-refractivity contribution in [2.75, 3.05) is 0 Å². The Balaban J connectivity index is 2.60. The van der Waals surface area contributed by atoms with E-state index in [1.54, 1.807) is 6.07 Å². The predicted octanol–water partition coefficient (Wildman–Crippen LogP) is 3.98. The molecule has 0 aromatic heterocycles. The van der Waals surface area contributed by atoms with Crippen LogP contribution >= 0.6 is 11.6 Å². The first kappa shape index (κ1) is 14.3. The fourth-order valence-electron chi connectivity index (χ4n) is 2.84. The SMILES string of the molecule is CC1(C)CCC(C)(C)c2cc([14C](=O)[14C](=O)Cl)ccc21. The number of ketones is 1. The molecule has 0 saturated heterocycles. The maximum Gasteiger partial charge on any atom is 0.293 e. The van der Waals surface area contributed by atoms with Crippen molar-refractivity contribution in [3.63, 3.8) is 0 Å². The summed E-state index contributed by atoms with van der Waals surface area (Å²) < 4.78 is 0. The molecule has 0 unspecified atom stereocenters. The third-order valence-corrected chi connectivity index (χ3v) is 4.47. The van der Waals surface area contributed by atoms with Crippen LogP contribution < -0.4 is 0 Å². The van der Waals surface area contributed by atoms with E-state index < -0.39 is 11.0 Å². The Labute approximate surface area is 119 Å². The summed E-state index contributed by atoms with van der Waals surface area (Å²) in [5.74, 6) is -0.622. The monoisotopic (exact) mass is 282 g/mol. The third-order valence-electron chi connectivity index (χ3n) is 4.29. The Kier molecular flexibility index (Phi) is 3.34. The van der Waals surface area contributed by atoms with Crippen LogP contribution in [0.3, 0.4) is 0 Å². The molecule has 0 bridgehead atoms. The number of Topliss-reactive ketones (excluding diaryl/α,β-unsaturated/α-hetero) is 1. The molecule has 0 heterocycles. The van der Waals surface area contributed by atoms with Crippen LogP contribution in [0.25, 0.3) is 0 Å². The Morgan fingerprint density at radius 2 is 1.53 bits per heavy atom. The van der Waals surface area contributed by atoms with E-state index in [1.807, 2.05) is 12.1 Å². The van der Waals surface area contributed by atoms with E-state index in [0.29, 0.717) is 5.56 Å². The van der Waals surface area contributed by atoms with Gasteiger partial charge in [-0.05, 0) is 52.5 Å². The van der Waals surface area contributed by atoms with Crippen molar-refractivity contribution < 1.29 is 9.59 Å². The molecule has 0 spiro atoms. The smallest absolute Gasteiger partial charge is 0.284 e. The van der Waals surface area contributed by atoms with Gasteiger partial charge in [-0.15, -0.1) is 0 Å². The Bertz CT molecular complexity index is 556. The first-order valence-electron chi connectivity index (χ1n) is 6.54. The molecule has 2 nitrogen and oxygen atoms in total.